The molecule has 0 aliphatic heterocycles. The third kappa shape index (κ3) is 2.27. The molecule has 3 rings (SSSR count). The molecule has 20 heavy (non-hydrogen) atoms. The van der Waals surface area contributed by atoms with Gasteiger partial charge in [-0.3, -0.25) is 4.68 Å². The fraction of sp³-hybridized carbons (Fsp3) is 0.471. The minimum absolute atomic E-state index is 0.465. The predicted molar refractivity (Wildman–Crippen MR) is 81.8 cm³/mol. The van der Waals surface area contributed by atoms with Crippen LogP contribution in [-0.4, -0.2) is 16.8 Å². The van der Waals surface area contributed by atoms with E-state index in [0.29, 0.717) is 12.0 Å². The van der Waals surface area contributed by atoms with Crippen LogP contribution in [-0.2, 0) is 19.4 Å². The Morgan fingerprint density at radius 3 is 2.90 bits per heavy atom. The largest absolute Gasteiger partial charge is 0.313 e. The van der Waals surface area contributed by atoms with Gasteiger partial charge < -0.3 is 5.32 Å². The number of aryl methyl sites for hydroxylation is 2. The van der Waals surface area contributed by atoms with Gasteiger partial charge in [-0.25, -0.2) is 0 Å². The second-order valence-corrected chi connectivity index (χ2v) is 5.73. The predicted octanol–water partition coefficient (Wildman–Crippen LogP) is 2.89. The molecule has 2 aromatic rings. The number of nitrogens with zero attached hydrogens (tertiary/aromatic N) is 2. The van der Waals surface area contributed by atoms with Crippen molar-refractivity contribution >= 4 is 0 Å². The van der Waals surface area contributed by atoms with Gasteiger partial charge in [-0.2, -0.15) is 5.10 Å². The summed E-state index contributed by atoms with van der Waals surface area (Å²) in [4.78, 5) is 0. The van der Waals surface area contributed by atoms with Crippen molar-refractivity contribution in [3.05, 3.63) is 52.8 Å². The molecule has 1 N–H and O–H groups in total. The molecule has 3 nitrogen and oxygen atoms in total. The van der Waals surface area contributed by atoms with E-state index in [-0.39, 0.29) is 0 Å². The zero-order valence-corrected chi connectivity index (χ0v) is 12.6. The van der Waals surface area contributed by atoms with Gasteiger partial charge in [0.1, 0.15) is 0 Å². The molecule has 0 bridgehead atoms. The van der Waals surface area contributed by atoms with Crippen LogP contribution >= 0.6 is 0 Å². The fourth-order valence-electron chi connectivity index (χ4n) is 3.56. The Balaban J connectivity index is 1.85. The van der Waals surface area contributed by atoms with Gasteiger partial charge in [0.2, 0.25) is 0 Å². The number of aromatic nitrogens is 2. The maximum Gasteiger partial charge on any atom is 0.0596 e. The third-order valence-corrected chi connectivity index (χ3v) is 4.41. The van der Waals surface area contributed by atoms with Crippen LogP contribution in [0, 0.1) is 12.8 Å². The first-order chi connectivity index (χ1) is 9.72. The highest BCUT2D eigenvalue weighted by Gasteiger charge is 2.31. The molecular formula is C17H23N3. The number of hydrogen-bond acceptors (Lipinski definition) is 2. The first-order valence-electron chi connectivity index (χ1n) is 7.51. The van der Waals surface area contributed by atoms with Gasteiger partial charge in [0.15, 0.2) is 0 Å². The number of nitrogens with one attached hydrogen (secondary N) is 1. The zero-order chi connectivity index (χ0) is 14.1. The van der Waals surface area contributed by atoms with Crippen molar-refractivity contribution in [1.82, 2.24) is 15.1 Å². The highest BCUT2D eigenvalue weighted by Crippen LogP contribution is 2.37. The van der Waals surface area contributed by atoms with Gasteiger partial charge >= 0.3 is 0 Å². The number of rotatable bonds is 4. The molecule has 1 aromatic heterocycles. The van der Waals surface area contributed by atoms with Gasteiger partial charge in [0.25, 0.3) is 0 Å². The normalized spacial score (nSPS) is 21.1. The smallest absolute Gasteiger partial charge is 0.0596 e. The SMILES string of the molecule is CCn1nc(C)cc1CC1Cc2ccccc2C1NC. The van der Waals surface area contributed by atoms with Crippen LogP contribution in [0.2, 0.25) is 0 Å². The molecule has 0 saturated carbocycles. The van der Waals surface area contributed by atoms with Gasteiger partial charge in [0.05, 0.1) is 5.69 Å². The molecule has 1 aliphatic rings. The summed E-state index contributed by atoms with van der Waals surface area (Å²) in [6, 6.07) is 11.5. The summed E-state index contributed by atoms with van der Waals surface area (Å²) in [5.74, 6) is 0.624. The van der Waals surface area contributed by atoms with E-state index in [4.69, 9.17) is 0 Å². The molecule has 1 aliphatic carbocycles. The van der Waals surface area contributed by atoms with E-state index in [1.807, 2.05) is 0 Å². The fourth-order valence-corrected chi connectivity index (χ4v) is 3.56. The first kappa shape index (κ1) is 13.4. The van der Waals surface area contributed by atoms with Gasteiger partial charge in [0, 0.05) is 18.3 Å². The molecule has 0 spiro atoms. The van der Waals surface area contributed by atoms with Crippen LogP contribution in [0.1, 0.15) is 35.5 Å². The molecule has 0 fully saturated rings. The first-order valence-corrected chi connectivity index (χ1v) is 7.51. The Morgan fingerprint density at radius 1 is 1.35 bits per heavy atom. The summed E-state index contributed by atoms with van der Waals surface area (Å²) in [6.45, 7) is 5.19. The molecule has 1 heterocycles. The Morgan fingerprint density at radius 2 is 2.15 bits per heavy atom. The summed E-state index contributed by atoms with van der Waals surface area (Å²) in [5.41, 5.74) is 5.46. The van der Waals surface area contributed by atoms with Crippen LogP contribution in [0.5, 0.6) is 0 Å². The van der Waals surface area contributed by atoms with Gasteiger partial charge in [-0.1, -0.05) is 24.3 Å². The van der Waals surface area contributed by atoms with Crippen molar-refractivity contribution < 1.29 is 0 Å². The van der Waals surface area contributed by atoms with E-state index >= 15 is 0 Å². The van der Waals surface area contributed by atoms with E-state index in [1.165, 1.54) is 16.8 Å². The van der Waals surface area contributed by atoms with E-state index < -0.39 is 0 Å². The Hall–Kier alpha value is -1.61. The Kier molecular flexibility index (Phi) is 3.62. The average Bonchev–Trinajstić information content (AvgIpc) is 2.98. The van der Waals surface area contributed by atoms with Crippen molar-refractivity contribution in [1.29, 1.82) is 0 Å². The molecular weight excluding hydrogens is 246 g/mol. The summed E-state index contributed by atoms with van der Waals surface area (Å²) in [7, 11) is 2.07. The summed E-state index contributed by atoms with van der Waals surface area (Å²) < 4.78 is 2.14. The van der Waals surface area contributed by atoms with Crippen molar-refractivity contribution in [2.45, 2.75) is 39.3 Å². The average molecular weight is 269 g/mol. The maximum atomic E-state index is 4.57. The van der Waals surface area contributed by atoms with Crippen molar-refractivity contribution in [2.24, 2.45) is 5.92 Å². The molecule has 3 heteroatoms. The molecule has 106 valence electrons. The lowest BCUT2D eigenvalue weighted by Gasteiger charge is -2.20. The monoisotopic (exact) mass is 269 g/mol. The molecule has 0 amide bonds. The van der Waals surface area contributed by atoms with E-state index in [2.05, 4.69) is 66.3 Å². The van der Waals surface area contributed by atoms with Gasteiger partial charge in [-0.05, 0) is 56.8 Å². The highest BCUT2D eigenvalue weighted by atomic mass is 15.3. The van der Waals surface area contributed by atoms with E-state index in [9.17, 15) is 0 Å². The van der Waals surface area contributed by atoms with E-state index in [1.54, 1.807) is 0 Å². The summed E-state index contributed by atoms with van der Waals surface area (Å²) in [5, 5.41) is 8.07. The Bertz CT molecular complexity index is 600. The summed E-state index contributed by atoms with van der Waals surface area (Å²) >= 11 is 0. The van der Waals surface area contributed by atoms with Crippen LogP contribution in [0.4, 0.5) is 0 Å². The quantitative estimate of drug-likeness (QED) is 0.925. The maximum absolute atomic E-state index is 4.57. The topological polar surface area (TPSA) is 29.9 Å². The Labute approximate surface area is 121 Å². The van der Waals surface area contributed by atoms with Crippen LogP contribution < -0.4 is 5.32 Å². The second-order valence-electron chi connectivity index (χ2n) is 5.73. The minimum Gasteiger partial charge on any atom is -0.313 e. The van der Waals surface area contributed by atoms with Crippen molar-refractivity contribution in [2.75, 3.05) is 7.05 Å². The van der Waals surface area contributed by atoms with Crippen LogP contribution in [0.3, 0.4) is 0 Å². The zero-order valence-electron chi connectivity index (χ0n) is 12.6. The molecule has 1 aromatic carbocycles. The van der Waals surface area contributed by atoms with Crippen molar-refractivity contribution in [3.8, 4) is 0 Å². The lowest BCUT2D eigenvalue weighted by molar-refractivity contribution is 0.398. The third-order valence-electron chi connectivity index (χ3n) is 4.41. The lowest BCUT2D eigenvalue weighted by Crippen LogP contribution is -2.24. The van der Waals surface area contributed by atoms with Crippen LogP contribution in [0.25, 0.3) is 0 Å². The number of hydrogen-bond donors (Lipinski definition) is 1. The second kappa shape index (κ2) is 5.41. The number of benzene rings is 1. The molecule has 0 radical (unpaired) electrons. The molecule has 0 saturated heterocycles. The summed E-state index contributed by atoms with van der Waals surface area (Å²) in [6.07, 6.45) is 2.25. The lowest BCUT2D eigenvalue weighted by atomic mass is 9.95. The highest BCUT2D eigenvalue weighted by molar-refractivity contribution is 5.36. The van der Waals surface area contributed by atoms with Crippen LogP contribution in [0.15, 0.2) is 30.3 Å². The van der Waals surface area contributed by atoms with Crippen molar-refractivity contribution in [3.63, 3.8) is 0 Å². The standard InChI is InChI=1S/C17H23N3/c1-4-20-15(9-12(2)19-20)11-14-10-13-7-5-6-8-16(13)17(14)18-3/h5-9,14,17-18H,4,10-11H2,1-3H3. The minimum atomic E-state index is 0.465. The molecule has 2 unspecified atom stereocenters. The number of fused-ring (bicyclic) bond motifs is 1. The molecule has 2 atom stereocenters. The van der Waals surface area contributed by atoms with Gasteiger partial charge in [-0.15, -0.1) is 0 Å². The van der Waals surface area contributed by atoms with E-state index in [0.717, 1.165) is 25.1 Å².